The smallest absolute Gasteiger partial charge is 0.0458 e. The molecule has 1 heterocycles. The highest BCUT2D eigenvalue weighted by Crippen LogP contribution is 2.72. The van der Waals surface area contributed by atoms with Gasteiger partial charge in [0.15, 0.2) is 0 Å². The van der Waals surface area contributed by atoms with Crippen LogP contribution in [0, 0.1) is 29.1 Å². The first-order valence-electron chi connectivity index (χ1n) is 8.24. The Hall–Kier alpha value is 0.140. The number of hydrogen-bond donors (Lipinski definition) is 1. The van der Waals surface area contributed by atoms with Gasteiger partial charge in [0.2, 0.25) is 0 Å². The molecule has 4 aliphatic carbocycles. The van der Waals surface area contributed by atoms with Crippen LogP contribution < -0.4 is 5.73 Å². The Morgan fingerprint density at radius 2 is 1.81 bits per heavy atom. The van der Waals surface area contributed by atoms with E-state index in [0.29, 0.717) is 16.2 Å². The number of thiophene rings is 1. The summed E-state index contributed by atoms with van der Waals surface area (Å²) in [6.07, 6.45) is 8.37. The van der Waals surface area contributed by atoms with E-state index in [9.17, 15) is 0 Å². The molecule has 0 radical (unpaired) electrons. The second kappa shape index (κ2) is 4.36. The molecule has 116 valence electrons. The Kier molecular flexibility index (Phi) is 3.05. The van der Waals surface area contributed by atoms with Gasteiger partial charge in [0, 0.05) is 20.3 Å². The van der Waals surface area contributed by atoms with Crippen LogP contribution in [-0.4, -0.2) is 0 Å². The predicted octanol–water partition coefficient (Wildman–Crippen LogP) is 5.82. The van der Waals surface area contributed by atoms with Crippen LogP contribution in [0.25, 0.3) is 0 Å². The van der Waals surface area contributed by atoms with Gasteiger partial charge in [0.25, 0.3) is 0 Å². The molecule has 0 amide bonds. The van der Waals surface area contributed by atoms with Crippen molar-refractivity contribution in [3.8, 4) is 0 Å². The van der Waals surface area contributed by atoms with Crippen molar-refractivity contribution in [2.45, 2.75) is 65.3 Å². The van der Waals surface area contributed by atoms with Crippen LogP contribution in [0.15, 0.2) is 10.5 Å². The van der Waals surface area contributed by atoms with Crippen molar-refractivity contribution in [1.29, 1.82) is 0 Å². The monoisotopic (exact) mass is 367 g/mol. The molecule has 3 heteroatoms. The quantitative estimate of drug-likeness (QED) is 0.700. The molecule has 4 saturated carbocycles. The third-order valence-corrected chi connectivity index (χ3v) is 8.50. The minimum Gasteiger partial charge on any atom is -0.323 e. The van der Waals surface area contributed by atoms with Gasteiger partial charge < -0.3 is 5.73 Å². The molecule has 0 aliphatic heterocycles. The predicted molar refractivity (Wildman–Crippen MR) is 93.5 cm³/mol. The van der Waals surface area contributed by atoms with E-state index in [-0.39, 0.29) is 6.04 Å². The van der Waals surface area contributed by atoms with E-state index >= 15 is 0 Å². The second-order valence-electron chi connectivity index (χ2n) is 9.04. The lowest BCUT2D eigenvalue weighted by atomic mass is 9.39. The third kappa shape index (κ3) is 2.18. The van der Waals surface area contributed by atoms with Crippen LogP contribution in [0.3, 0.4) is 0 Å². The Balaban J connectivity index is 1.75. The summed E-state index contributed by atoms with van der Waals surface area (Å²) in [7, 11) is 0. The molecule has 1 aromatic rings. The van der Waals surface area contributed by atoms with Gasteiger partial charge in [-0.05, 0) is 89.6 Å². The maximum atomic E-state index is 6.91. The molecule has 2 N–H and O–H groups in total. The average Bonchev–Trinajstić information content (AvgIpc) is 2.62. The van der Waals surface area contributed by atoms with E-state index in [0.717, 1.165) is 5.92 Å². The zero-order valence-corrected chi connectivity index (χ0v) is 15.7. The highest BCUT2D eigenvalue weighted by atomic mass is 79.9. The lowest BCUT2D eigenvalue weighted by Gasteiger charge is -2.66. The molecule has 0 aromatic carbocycles. The Morgan fingerprint density at radius 3 is 2.29 bits per heavy atom. The highest BCUT2D eigenvalue weighted by Gasteiger charge is 2.62. The largest absolute Gasteiger partial charge is 0.323 e. The van der Waals surface area contributed by atoms with Gasteiger partial charge in [-0.1, -0.05) is 13.8 Å². The van der Waals surface area contributed by atoms with E-state index in [1.807, 2.05) is 11.3 Å². The highest BCUT2D eigenvalue weighted by molar-refractivity contribution is 9.10. The maximum Gasteiger partial charge on any atom is 0.0458 e. The van der Waals surface area contributed by atoms with Crippen molar-refractivity contribution in [3.05, 3.63) is 20.3 Å². The second-order valence-corrected chi connectivity index (χ2v) is 11.2. The van der Waals surface area contributed by atoms with Crippen molar-refractivity contribution in [2.24, 2.45) is 27.9 Å². The summed E-state index contributed by atoms with van der Waals surface area (Å²) in [5, 5.41) is 0. The number of halogens is 1. The zero-order chi connectivity index (χ0) is 15.0. The topological polar surface area (TPSA) is 26.0 Å². The molecule has 4 bridgehead atoms. The Bertz CT molecular complexity index is 574. The Morgan fingerprint density at radius 1 is 1.19 bits per heavy atom. The van der Waals surface area contributed by atoms with Gasteiger partial charge in [-0.25, -0.2) is 0 Å². The van der Waals surface area contributed by atoms with Crippen LogP contribution in [0.2, 0.25) is 0 Å². The fourth-order valence-corrected chi connectivity index (χ4v) is 8.92. The van der Waals surface area contributed by atoms with Crippen LogP contribution in [0.1, 0.15) is 68.2 Å². The summed E-state index contributed by atoms with van der Waals surface area (Å²) in [5.41, 5.74) is 8.35. The lowest BCUT2D eigenvalue weighted by Crippen LogP contribution is -2.58. The van der Waals surface area contributed by atoms with Crippen LogP contribution in [-0.2, 0) is 0 Å². The fourth-order valence-electron chi connectivity index (χ4n) is 6.87. The Labute approximate surface area is 140 Å². The van der Waals surface area contributed by atoms with Crippen molar-refractivity contribution in [1.82, 2.24) is 0 Å². The van der Waals surface area contributed by atoms with Gasteiger partial charge in [-0.15, -0.1) is 11.3 Å². The van der Waals surface area contributed by atoms with Crippen molar-refractivity contribution in [3.63, 3.8) is 0 Å². The SMILES string of the molecule is Cc1cc(Br)c(C(N)C23CC4CC(C)(CC(C)(C4)C2)C3)s1. The van der Waals surface area contributed by atoms with Crippen molar-refractivity contribution < 1.29 is 0 Å². The van der Waals surface area contributed by atoms with E-state index in [1.165, 1.54) is 52.8 Å². The summed E-state index contributed by atoms with van der Waals surface area (Å²) in [6.45, 7) is 7.26. The summed E-state index contributed by atoms with van der Waals surface area (Å²) in [5.74, 6) is 0.919. The molecule has 3 unspecified atom stereocenters. The van der Waals surface area contributed by atoms with Crippen molar-refractivity contribution in [2.75, 3.05) is 0 Å². The molecule has 5 rings (SSSR count). The van der Waals surface area contributed by atoms with Gasteiger partial charge in [0.05, 0.1) is 0 Å². The van der Waals surface area contributed by atoms with E-state index in [2.05, 4.69) is 42.8 Å². The molecule has 1 nitrogen and oxygen atoms in total. The van der Waals surface area contributed by atoms with E-state index in [1.54, 1.807) is 0 Å². The van der Waals surface area contributed by atoms with Crippen molar-refractivity contribution >= 4 is 27.3 Å². The summed E-state index contributed by atoms with van der Waals surface area (Å²) < 4.78 is 1.24. The van der Waals surface area contributed by atoms with Gasteiger partial charge in [0.1, 0.15) is 0 Å². The standard InChI is InChI=1S/C18H26BrNS/c1-11-4-13(19)14(21-11)15(20)18-7-12-5-16(2,9-18)8-17(3,6-12)10-18/h4,12,15H,5-10,20H2,1-3H3. The molecule has 0 spiro atoms. The first-order chi connectivity index (χ1) is 9.73. The number of hydrogen-bond acceptors (Lipinski definition) is 2. The first-order valence-corrected chi connectivity index (χ1v) is 9.85. The van der Waals surface area contributed by atoms with E-state index in [4.69, 9.17) is 5.73 Å². The van der Waals surface area contributed by atoms with Gasteiger partial charge in [-0.2, -0.15) is 0 Å². The molecule has 21 heavy (non-hydrogen) atoms. The molecular formula is C18H26BrNS. The number of aryl methyl sites for hydroxylation is 1. The fraction of sp³-hybridized carbons (Fsp3) is 0.778. The summed E-state index contributed by atoms with van der Waals surface area (Å²) in [4.78, 5) is 2.76. The van der Waals surface area contributed by atoms with E-state index < -0.39 is 0 Å². The molecule has 4 fully saturated rings. The zero-order valence-electron chi connectivity index (χ0n) is 13.3. The minimum absolute atomic E-state index is 0.215. The summed E-state index contributed by atoms with van der Waals surface area (Å²) in [6, 6.07) is 2.46. The van der Waals surface area contributed by atoms with Gasteiger partial charge >= 0.3 is 0 Å². The third-order valence-electron chi connectivity index (χ3n) is 6.45. The lowest BCUT2D eigenvalue weighted by molar-refractivity contribution is -0.154. The van der Waals surface area contributed by atoms with Gasteiger partial charge in [-0.3, -0.25) is 0 Å². The van der Waals surface area contributed by atoms with Crippen LogP contribution >= 0.6 is 27.3 Å². The average molecular weight is 368 g/mol. The molecule has 3 atom stereocenters. The van der Waals surface area contributed by atoms with Crippen LogP contribution in [0.4, 0.5) is 0 Å². The summed E-state index contributed by atoms with van der Waals surface area (Å²) >= 11 is 5.65. The minimum atomic E-state index is 0.215. The molecule has 1 aromatic heterocycles. The normalized spacial score (nSPS) is 46.0. The maximum absolute atomic E-state index is 6.91. The number of rotatable bonds is 2. The van der Waals surface area contributed by atoms with Crippen LogP contribution in [0.5, 0.6) is 0 Å². The number of nitrogens with two attached hydrogens (primary N) is 1. The molecule has 0 saturated heterocycles. The molecular weight excluding hydrogens is 342 g/mol. The molecule has 4 aliphatic rings. The first kappa shape index (κ1) is 14.7.